The van der Waals surface area contributed by atoms with E-state index in [4.69, 9.17) is 5.21 Å². The highest BCUT2D eigenvalue weighted by Gasteiger charge is 2.34. The van der Waals surface area contributed by atoms with Gasteiger partial charge in [0, 0.05) is 5.56 Å². The fraction of sp³-hybridized carbons (Fsp3) is 0.300. The summed E-state index contributed by atoms with van der Waals surface area (Å²) in [5.41, 5.74) is -0.446. The van der Waals surface area contributed by atoms with Gasteiger partial charge in [-0.15, -0.1) is 12.4 Å². The second kappa shape index (κ2) is 5.23. The summed E-state index contributed by atoms with van der Waals surface area (Å²) in [7, 11) is 0. The molecule has 0 aliphatic heterocycles. The van der Waals surface area contributed by atoms with Crippen LogP contribution in [0.1, 0.15) is 19.4 Å². The Hall–Kier alpha value is -1.20. The molecule has 3 nitrogen and oxygen atoms in total. The number of carbonyl (C=O) groups excluding carboxylic acids is 1. The van der Waals surface area contributed by atoms with E-state index in [1.54, 1.807) is 0 Å². The van der Waals surface area contributed by atoms with Gasteiger partial charge in [-0.2, -0.15) is 0 Å². The van der Waals surface area contributed by atoms with Gasteiger partial charge in [0.05, 0.1) is 5.41 Å². The van der Waals surface area contributed by atoms with Gasteiger partial charge in [0.1, 0.15) is 11.6 Å². The number of hydrogen-bond donors (Lipinski definition) is 2. The Kier molecular flexibility index (Phi) is 4.83. The van der Waals surface area contributed by atoms with E-state index >= 15 is 0 Å². The lowest BCUT2D eigenvalue weighted by molar-refractivity contribution is -0.134. The molecule has 1 rings (SSSR count). The molecule has 0 saturated heterocycles. The molecule has 0 saturated carbocycles. The first-order valence-corrected chi connectivity index (χ1v) is 4.30. The van der Waals surface area contributed by atoms with E-state index in [9.17, 15) is 13.6 Å². The minimum absolute atomic E-state index is 0. The molecule has 0 radical (unpaired) electrons. The first-order chi connectivity index (χ1) is 6.91. The van der Waals surface area contributed by atoms with Gasteiger partial charge in [0.2, 0.25) is 0 Å². The first-order valence-electron chi connectivity index (χ1n) is 4.30. The second-order valence-corrected chi connectivity index (χ2v) is 3.66. The van der Waals surface area contributed by atoms with Crippen LogP contribution in [0.15, 0.2) is 18.2 Å². The van der Waals surface area contributed by atoms with Gasteiger partial charge in [-0.3, -0.25) is 10.0 Å². The molecule has 0 fully saturated rings. The number of hydroxylamine groups is 1. The van der Waals surface area contributed by atoms with Crippen LogP contribution in [-0.2, 0) is 10.2 Å². The number of halogens is 3. The standard InChI is InChI=1S/C10H11F2NO2.ClH/c1-10(2,9(14)13-15)8-6(11)4-3-5-7(8)12;/h3-5,15H,1-2H3,(H,13,14);1H. The van der Waals surface area contributed by atoms with Crippen molar-refractivity contribution in [3.8, 4) is 0 Å². The maximum atomic E-state index is 13.3. The van der Waals surface area contributed by atoms with Crippen molar-refractivity contribution in [2.45, 2.75) is 19.3 Å². The number of nitrogens with one attached hydrogen (secondary N) is 1. The van der Waals surface area contributed by atoms with Crippen molar-refractivity contribution in [2.24, 2.45) is 0 Å². The maximum absolute atomic E-state index is 13.3. The Balaban J connectivity index is 0.00000225. The molecule has 1 aromatic carbocycles. The van der Waals surface area contributed by atoms with Gasteiger partial charge in [0.25, 0.3) is 5.91 Å². The zero-order valence-corrected chi connectivity index (χ0v) is 9.57. The van der Waals surface area contributed by atoms with Crippen LogP contribution in [0.25, 0.3) is 0 Å². The van der Waals surface area contributed by atoms with Crippen LogP contribution in [0.5, 0.6) is 0 Å². The van der Waals surface area contributed by atoms with Crippen LogP contribution in [0, 0.1) is 11.6 Å². The predicted molar refractivity (Wildman–Crippen MR) is 56.6 cm³/mol. The normalized spacial score (nSPS) is 10.6. The summed E-state index contributed by atoms with van der Waals surface area (Å²) in [5, 5.41) is 8.47. The molecule has 2 N–H and O–H groups in total. The van der Waals surface area contributed by atoms with Crippen LogP contribution in [-0.4, -0.2) is 11.1 Å². The number of carbonyl (C=O) groups is 1. The smallest absolute Gasteiger partial charge is 0.253 e. The van der Waals surface area contributed by atoms with Crippen LogP contribution in [0.3, 0.4) is 0 Å². The van der Waals surface area contributed by atoms with Gasteiger partial charge in [0.15, 0.2) is 0 Å². The molecular formula is C10H12ClF2NO2. The summed E-state index contributed by atoms with van der Waals surface area (Å²) < 4.78 is 26.7. The predicted octanol–water partition coefficient (Wildman–Crippen LogP) is 2.17. The molecule has 0 aliphatic rings. The third-order valence-corrected chi connectivity index (χ3v) is 2.26. The summed E-state index contributed by atoms with van der Waals surface area (Å²) >= 11 is 0. The van der Waals surface area contributed by atoms with Crippen molar-refractivity contribution >= 4 is 18.3 Å². The minimum Gasteiger partial charge on any atom is -0.289 e. The molecule has 1 amide bonds. The summed E-state index contributed by atoms with van der Waals surface area (Å²) in [6.07, 6.45) is 0. The number of rotatable bonds is 2. The molecule has 0 spiro atoms. The van der Waals surface area contributed by atoms with Crippen LogP contribution in [0.2, 0.25) is 0 Å². The van der Waals surface area contributed by atoms with E-state index in [1.807, 2.05) is 0 Å². The van der Waals surface area contributed by atoms with Crippen LogP contribution >= 0.6 is 12.4 Å². The van der Waals surface area contributed by atoms with E-state index in [1.165, 1.54) is 25.4 Å². The highest BCUT2D eigenvalue weighted by atomic mass is 35.5. The van der Waals surface area contributed by atoms with Crippen molar-refractivity contribution in [2.75, 3.05) is 0 Å². The summed E-state index contributed by atoms with van der Waals surface area (Å²) in [5.74, 6) is -2.50. The van der Waals surface area contributed by atoms with E-state index in [0.717, 1.165) is 12.1 Å². The number of amides is 1. The van der Waals surface area contributed by atoms with Gasteiger partial charge in [-0.05, 0) is 26.0 Å². The average Bonchev–Trinajstić information content (AvgIpc) is 2.15. The van der Waals surface area contributed by atoms with Crippen molar-refractivity contribution in [3.05, 3.63) is 35.4 Å². The third-order valence-electron chi connectivity index (χ3n) is 2.26. The molecule has 90 valence electrons. The van der Waals surface area contributed by atoms with Gasteiger partial charge < -0.3 is 0 Å². The largest absolute Gasteiger partial charge is 0.289 e. The third kappa shape index (κ3) is 2.48. The second-order valence-electron chi connectivity index (χ2n) is 3.66. The Morgan fingerprint density at radius 3 is 2.12 bits per heavy atom. The molecule has 16 heavy (non-hydrogen) atoms. The van der Waals surface area contributed by atoms with E-state index in [-0.39, 0.29) is 18.0 Å². The molecule has 0 atom stereocenters. The molecule has 0 aliphatic carbocycles. The number of benzene rings is 1. The SMILES string of the molecule is CC(C)(C(=O)NO)c1c(F)cccc1F.Cl. The lowest BCUT2D eigenvalue weighted by Crippen LogP contribution is -2.39. The fourth-order valence-corrected chi connectivity index (χ4v) is 1.35. The number of hydrogen-bond acceptors (Lipinski definition) is 2. The lowest BCUT2D eigenvalue weighted by atomic mass is 9.83. The van der Waals surface area contributed by atoms with E-state index in [2.05, 4.69) is 0 Å². The van der Waals surface area contributed by atoms with Crippen molar-refractivity contribution < 1.29 is 18.8 Å². The molecule has 0 unspecified atom stereocenters. The van der Waals surface area contributed by atoms with Gasteiger partial charge >= 0.3 is 0 Å². The monoisotopic (exact) mass is 251 g/mol. The summed E-state index contributed by atoms with van der Waals surface area (Å²) in [6.45, 7) is 2.64. The Bertz CT molecular complexity index is 376. The minimum atomic E-state index is -1.47. The first kappa shape index (κ1) is 14.8. The molecule has 0 aromatic heterocycles. The maximum Gasteiger partial charge on any atom is 0.253 e. The Labute approximate surface area is 97.8 Å². The van der Waals surface area contributed by atoms with Crippen LogP contribution < -0.4 is 5.48 Å². The summed E-state index contributed by atoms with van der Waals surface area (Å²) in [6, 6.07) is 3.33. The van der Waals surface area contributed by atoms with Crippen molar-refractivity contribution in [1.29, 1.82) is 0 Å². The zero-order chi connectivity index (χ0) is 11.6. The van der Waals surface area contributed by atoms with Crippen LogP contribution in [0.4, 0.5) is 8.78 Å². The molecule has 0 bridgehead atoms. The van der Waals surface area contributed by atoms with E-state index in [0.29, 0.717) is 0 Å². The lowest BCUT2D eigenvalue weighted by Gasteiger charge is -2.23. The topological polar surface area (TPSA) is 49.3 Å². The Morgan fingerprint density at radius 1 is 1.31 bits per heavy atom. The molecular weight excluding hydrogens is 240 g/mol. The van der Waals surface area contributed by atoms with Gasteiger partial charge in [-0.25, -0.2) is 14.3 Å². The van der Waals surface area contributed by atoms with E-state index < -0.39 is 23.0 Å². The highest BCUT2D eigenvalue weighted by molar-refractivity contribution is 5.86. The average molecular weight is 252 g/mol. The fourth-order valence-electron chi connectivity index (χ4n) is 1.35. The van der Waals surface area contributed by atoms with Gasteiger partial charge in [-0.1, -0.05) is 6.07 Å². The Morgan fingerprint density at radius 2 is 1.75 bits per heavy atom. The highest BCUT2D eigenvalue weighted by Crippen LogP contribution is 2.28. The van der Waals surface area contributed by atoms with Crippen molar-refractivity contribution in [3.63, 3.8) is 0 Å². The van der Waals surface area contributed by atoms with Crippen molar-refractivity contribution in [1.82, 2.24) is 5.48 Å². The summed E-state index contributed by atoms with van der Waals surface area (Å²) in [4.78, 5) is 11.2. The zero-order valence-electron chi connectivity index (χ0n) is 8.75. The molecule has 0 heterocycles. The molecule has 1 aromatic rings. The quantitative estimate of drug-likeness (QED) is 0.625. The molecule has 6 heteroatoms.